The lowest BCUT2D eigenvalue weighted by atomic mass is 10.1. The third-order valence-corrected chi connectivity index (χ3v) is 2.10. The van der Waals surface area contributed by atoms with Gasteiger partial charge in [-0.15, -0.1) is 0 Å². The molecular formula is C10H11F2N3O3. The van der Waals surface area contributed by atoms with Crippen molar-refractivity contribution in [2.75, 3.05) is 20.3 Å². The SMILES string of the molecule is COCCN=C(N)c1c(F)ccc([N+](=O)[O-])c1F. The molecule has 0 amide bonds. The topological polar surface area (TPSA) is 90.8 Å². The molecule has 0 aliphatic heterocycles. The standard InChI is InChI=1S/C10H11F2N3O3/c1-18-5-4-14-10(13)8-6(11)2-3-7(9(8)12)15(16)17/h2-3H,4-5H2,1H3,(H2,13,14). The lowest BCUT2D eigenvalue weighted by molar-refractivity contribution is -0.387. The lowest BCUT2D eigenvalue weighted by Gasteiger charge is -2.05. The number of hydrogen-bond acceptors (Lipinski definition) is 4. The van der Waals surface area contributed by atoms with Gasteiger partial charge >= 0.3 is 5.69 Å². The second-order valence-corrected chi connectivity index (χ2v) is 3.27. The van der Waals surface area contributed by atoms with Crippen LogP contribution in [0, 0.1) is 21.7 Å². The van der Waals surface area contributed by atoms with Crippen LogP contribution in [0.5, 0.6) is 0 Å². The molecule has 0 saturated heterocycles. The highest BCUT2D eigenvalue weighted by Crippen LogP contribution is 2.22. The van der Waals surface area contributed by atoms with Gasteiger partial charge in [-0.05, 0) is 6.07 Å². The molecule has 0 aliphatic rings. The van der Waals surface area contributed by atoms with Gasteiger partial charge in [-0.1, -0.05) is 0 Å². The Morgan fingerprint density at radius 1 is 1.56 bits per heavy atom. The summed E-state index contributed by atoms with van der Waals surface area (Å²) < 4.78 is 31.8. The van der Waals surface area contributed by atoms with Crippen LogP contribution in [-0.2, 0) is 4.74 Å². The van der Waals surface area contributed by atoms with Gasteiger partial charge in [0.2, 0.25) is 5.82 Å². The van der Waals surface area contributed by atoms with E-state index in [2.05, 4.69) is 4.99 Å². The predicted octanol–water partition coefficient (Wildman–Crippen LogP) is 1.22. The first-order chi connectivity index (χ1) is 8.49. The first-order valence-corrected chi connectivity index (χ1v) is 4.90. The van der Waals surface area contributed by atoms with Crippen molar-refractivity contribution < 1.29 is 18.4 Å². The van der Waals surface area contributed by atoms with Crippen LogP contribution in [0.15, 0.2) is 17.1 Å². The molecule has 0 radical (unpaired) electrons. The van der Waals surface area contributed by atoms with Gasteiger partial charge < -0.3 is 10.5 Å². The van der Waals surface area contributed by atoms with Gasteiger partial charge in [0.25, 0.3) is 0 Å². The van der Waals surface area contributed by atoms with Crippen molar-refractivity contribution in [1.82, 2.24) is 0 Å². The van der Waals surface area contributed by atoms with Crippen LogP contribution in [0.3, 0.4) is 0 Å². The molecule has 0 heterocycles. The molecule has 1 aromatic carbocycles. The maximum atomic E-state index is 13.7. The fourth-order valence-corrected chi connectivity index (χ4v) is 1.25. The number of halogens is 2. The summed E-state index contributed by atoms with van der Waals surface area (Å²) in [5.74, 6) is -2.78. The maximum Gasteiger partial charge on any atom is 0.305 e. The van der Waals surface area contributed by atoms with Gasteiger partial charge in [-0.2, -0.15) is 4.39 Å². The Hall–Kier alpha value is -2.09. The first kappa shape index (κ1) is 14.0. The Labute approximate surface area is 101 Å². The van der Waals surface area contributed by atoms with Crippen molar-refractivity contribution in [3.8, 4) is 0 Å². The van der Waals surface area contributed by atoms with Crippen molar-refractivity contribution in [2.24, 2.45) is 10.7 Å². The Morgan fingerprint density at radius 3 is 2.78 bits per heavy atom. The average Bonchev–Trinajstić information content (AvgIpc) is 2.28. The van der Waals surface area contributed by atoms with Crippen LogP contribution in [0.25, 0.3) is 0 Å². The number of aliphatic imine (C=N–C) groups is 1. The molecule has 0 fully saturated rings. The minimum atomic E-state index is -1.33. The van der Waals surface area contributed by atoms with E-state index in [9.17, 15) is 18.9 Å². The summed E-state index contributed by atoms with van der Waals surface area (Å²) in [5, 5.41) is 10.5. The quantitative estimate of drug-likeness (QED) is 0.283. The van der Waals surface area contributed by atoms with Gasteiger partial charge in [-0.25, -0.2) is 4.39 Å². The molecule has 6 nitrogen and oxygen atoms in total. The third kappa shape index (κ3) is 2.98. The molecule has 0 bridgehead atoms. The van der Waals surface area contributed by atoms with Crippen molar-refractivity contribution in [2.45, 2.75) is 0 Å². The zero-order valence-corrected chi connectivity index (χ0v) is 9.52. The summed E-state index contributed by atoms with van der Waals surface area (Å²) in [4.78, 5) is 13.2. The number of hydrogen-bond donors (Lipinski definition) is 1. The third-order valence-electron chi connectivity index (χ3n) is 2.10. The second-order valence-electron chi connectivity index (χ2n) is 3.27. The number of methoxy groups -OCH3 is 1. The number of nitrogens with zero attached hydrogens (tertiary/aromatic N) is 2. The zero-order valence-electron chi connectivity index (χ0n) is 9.52. The van der Waals surface area contributed by atoms with Gasteiger partial charge in [0.1, 0.15) is 11.7 Å². The molecule has 2 N–H and O–H groups in total. The van der Waals surface area contributed by atoms with Gasteiger partial charge in [-0.3, -0.25) is 15.1 Å². The Bertz CT molecular complexity index is 492. The molecule has 18 heavy (non-hydrogen) atoms. The van der Waals surface area contributed by atoms with E-state index in [-0.39, 0.29) is 13.2 Å². The van der Waals surface area contributed by atoms with Crippen LogP contribution in [0.2, 0.25) is 0 Å². The van der Waals surface area contributed by atoms with Crippen molar-refractivity contribution in [3.63, 3.8) is 0 Å². The maximum absolute atomic E-state index is 13.7. The number of benzene rings is 1. The largest absolute Gasteiger partial charge is 0.383 e. The van der Waals surface area contributed by atoms with Crippen LogP contribution in [0.1, 0.15) is 5.56 Å². The molecule has 8 heteroatoms. The van der Waals surface area contributed by atoms with Crippen molar-refractivity contribution >= 4 is 11.5 Å². The number of rotatable bonds is 5. The van der Waals surface area contributed by atoms with Crippen LogP contribution in [0.4, 0.5) is 14.5 Å². The van der Waals surface area contributed by atoms with E-state index in [4.69, 9.17) is 10.5 Å². The molecule has 0 saturated carbocycles. The molecule has 0 aromatic heterocycles. The number of nitrogens with two attached hydrogens (primary N) is 1. The summed E-state index contributed by atoms with van der Waals surface area (Å²) in [6, 6.07) is 1.51. The minimum absolute atomic E-state index is 0.101. The lowest BCUT2D eigenvalue weighted by Crippen LogP contribution is -2.19. The number of nitro benzene ring substituents is 1. The van der Waals surface area contributed by atoms with Crippen molar-refractivity contribution in [1.29, 1.82) is 0 Å². The minimum Gasteiger partial charge on any atom is -0.383 e. The molecule has 1 rings (SSSR count). The van der Waals surface area contributed by atoms with E-state index in [1.165, 1.54) is 7.11 Å². The first-order valence-electron chi connectivity index (χ1n) is 4.90. The highest BCUT2D eigenvalue weighted by molar-refractivity contribution is 5.98. The molecule has 98 valence electrons. The van der Waals surface area contributed by atoms with Crippen LogP contribution >= 0.6 is 0 Å². The molecule has 0 atom stereocenters. The Kier molecular flexibility index (Phi) is 4.67. The van der Waals surface area contributed by atoms with E-state index in [1.807, 2.05) is 0 Å². The van der Waals surface area contributed by atoms with E-state index in [0.717, 1.165) is 12.1 Å². The average molecular weight is 259 g/mol. The highest BCUT2D eigenvalue weighted by Gasteiger charge is 2.23. The predicted molar refractivity (Wildman–Crippen MR) is 60.5 cm³/mol. The molecule has 0 spiro atoms. The summed E-state index contributed by atoms with van der Waals surface area (Å²) in [6.45, 7) is 0.322. The van der Waals surface area contributed by atoms with Crippen LogP contribution in [-0.4, -0.2) is 31.0 Å². The monoisotopic (exact) mass is 259 g/mol. The number of nitro groups is 1. The van der Waals surface area contributed by atoms with Gasteiger partial charge in [0.15, 0.2) is 0 Å². The summed E-state index contributed by atoms with van der Waals surface area (Å²) in [6.07, 6.45) is 0. The fraction of sp³-hybridized carbons (Fsp3) is 0.300. The fourth-order valence-electron chi connectivity index (χ4n) is 1.25. The summed E-state index contributed by atoms with van der Waals surface area (Å²) >= 11 is 0. The second kappa shape index (κ2) is 6.01. The molecular weight excluding hydrogens is 248 g/mol. The summed E-state index contributed by atoms with van der Waals surface area (Å²) in [7, 11) is 1.43. The number of amidine groups is 1. The number of ether oxygens (including phenoxy) is 1. The van der Waals surface area contributed by atoms with Gasteiger partial charge in [0.05, 0.1) is 23.6 Å². The van der Waals surface area contributed by atoms with E-state index in [0.29, 0.717) is 0 Å². The van der Waals surface area contributed by atoms with E-state index >= 15 is 0 Å². The van der Waals surface area contributed by atoms with Crippen LogP contribution < -0.4 is 5.73 Å². The molecule has 0 aliphatic carbocycles. The molecule has 0 unspecified atom stereocenters. The Balaban J connectivity index is 3.18. The van der Waals surface area contributed by atoms with E-state index < -0.39 is 33.6 Å². The Morgan fingerprint density at radius 2 is 2.22 bits per heavy atom. The summed E-state index contributed by atoms with van der Waals surface area (Å²) in [5.41, 5.74) is 3.85. The van der Waals surface area contributed by atoms with Crippen molar-refractivity contribution in [3.05, 3.63) is 39.4 Å². The van der Waals surface area contributed by atoms with Gasteiger partial charge in [0, 0.05) is 13.2 Å². The smallest absolute Gasteiger partial charge is 0.305 e. The normalized spacial score (nSPS) is 11.6. The molecule has 1 aromatic rings. The van der Waals surface area contributed by atoms with E-state index in [1.54, 1.807) is 0 Å². The highest BCUT2D eigenvalue weighted by atomic mass is 19.1. The zero-order chi connectivity index (χ0) is 13.7.